The maximum Gasteiger partial charge on any atom is 0.263 e. The van der Waals surface area contributed by atoms with E-state index in [1.165, 1.54) is 29.0 Å². The smallest absolute Gasteiger partial charge is 0.263 e. The molecule has 2 aromatic rings. The first kappa shape index (κ1) is 14.9. The zero-order valence-corrected chi connectivity index (χ0v) is 13.9. The van der Waals surface area contributed by atoms with E-state index in [-0.39, 0.29) is 5.91 Å². The molecule has 1 unspecified atom stereocenters. The van der Waals surface area contributed by atoms with Gasteiger partial charge in [0.25, 0.3) is 5.91 Å². The first-order valence-corrected chi connectivity index (χ1v) is 9.27. The summed E-state index contributed by atoms with van der Waals surface area (Å²) < 4.78 is 0. The van der Waals surface area contributed by atoms with E-state index < -0.39 is 0 Å². The Balaban J connectivity index is 1.28. The van der Waals surface area contributed by atoms with E-state index in [1.54, 1.807) is 0 Å². The number of carbonyl (C=O) groups excluding carboxylic acids is 1. The second kappa shape index (κ2) is 6.45. The fraction of sp³-hybridized carbons (Fsp3) is 0.529. The average Bonchev–Trinajstić information content (AvgIpc) is 3.26. The molecule has 0 radical (unpaired) electrons. The average molecular weight is 330 g/mol. The van der Waals surface area contributed by atoms with Crippen LogP contribution in [0, 0.1) is 0 Å². The fourth-order valence-electron chi connectivity index (χ4n) is 3.69. The Morgan fingerprint density at radius 3 is 2.96 bits per heavy atom. The number of rotatable bonds is 3. The van der Waals surface area contributed by atoms with Gasteiger partial charge in [0.05, 0.1) is 11.1 Å². The number of hydrogen-bond donors (Lipinski definition) is 2. The third-order valence-corrected chi connectivity index (χ3v) is 5.86. The number of aryl methyl sites for hydroxylation is 1. The van der Waals surface area contributed by atoms with Crippen LogP contribution in [-0.4, -0.2) is 46.2 Å². The Morgan fingerprint density at radius 2 is 2.17 bits per heavy atom. The molecule has 0 bridgehead atoms. The van der Waals surface area contributed by atoms with Gasteiger partial charge in [0.15, 0.2) is 0 Å². The van der Waals surface area contributed by atoms with Crippen LogP contribution in [0.25, 0.3) is 0 Å². The number of likely N-dealkylation sites (tertiary alicyclic amines) is 1. The van der Waals surface area contributed by atoms with Gasteiger partial charge in [-0.2, -0.15) is 5.10 Å². The molecule has 122 valence electrons. The predicted octanol–water partition coefficient (Wildman–Crippen LogP) is 2.22. The van der Waals surface area contributed by atoms with Crippen LogP contribution < -0.4 is 5.32 Å². The van der Waals surface area contributed by atoms with Gasteiger partial charge in [-0.3, -0.25) is 9.89 Å². The maximum atomic E-state index is 12.4. The Bertz CT molecular complexity index is 658. The number of H-pyrrole nitrogens is 1. The quantitative estimate of drug-likeness (QED) is 0.907. The minimum Gasteiger partial charge on any atom is -0.338 e. The molecule has 0 spiro atoms. The minimum atomic E-state index is 0.193. The number of amides is 1. The summed E-state index contributed by atoms with van der Waals surface area (Å²) in [4.78, 5) is 15.2. The second-order valence-electron chi connectivity index (χ2n) is 6.52. The Morgan fingerprint density at radius 1 is 1.30 bits per heavy atom. The van der Waals surface area contributed by atoms with Crippen molar-refractivity contribution in [2.24, 2.45) is 0 Å². The lowest BCUT2D eigenvalue weighted by Crippen LogP contribution is -2.48. The number of piperidine rings is 1. The summed E-state index contributed by atoms with van der Waals surface area (Å²) in [6.07, 6.45) is 7.39. The molecule has 4 rings (SSSR count). The molecule has 1 atom stereocenters. The molecule has 6 heteroatoms. The SMILES string of the molecule is O=C(c1cccs1)N1CCC(NC2CCc3cn[nH]c3C2)CC1. The van der Waals surface area contributed by atoms with Crippen molar-refractivity contribution >= 4 is 17.2 Å². The van der Waals surface area contributed by atoms with Gasteiger partial charge in [-0.25, -0.2) is 0 Å². The molecule has 1 saturated heterocycles. The van der Waals surface area contributed by atoms with E-state index in [9.17, 15) is 4.79 Å². The van der Waals surface area contributed by atoms with Crippen molar-refractivity contribution in [1.29, 1.82) is 0 Å². The molecule has 0 aromatic carbocycles. The zero-order valence-electron chi connectivity index (χ0n) is 13.1. The van der Waals surface area contributed by atoms with E-state index in [4.69, 9.17) is 0 Å². The van der Waals surface area contributed by atoms with Gasteiger partial charge in [-0.15, -0.1) is 11.3 Å². The highest BCUT2D eigenvalue weighted by molar-refractivity contribution is 7.12. The number of aromatic nitrogens is 2. The summed E-state index contributed by atoms with van der Waals surface area (Å²) in [5.41, 5.74) is 2.67. The van der Waals surface area contributed by atoms with Gasteiger partial charge in [0.1, 0.15) is 0 Å². The standard InChI is InChI=1S/C17H22N4OS/c22-17(16-2-1-9-23-16)21-7-5-13(6-8-21)19-14-4-3-12-11-18-20-15(12)10-14/h1-2,9,11,13-14,19H,3-8,10H2,(H,18,20). The molecule has 2 aromatic heterocycles. The van der Waals surface area contributed by atoms with E-state index in [1.807, 2.05) is 28.6 Å². The zero-order chi connectivity index (χ0) is 15.6. The molecule has 0 saturated carbocycles. The van der Waals surface area contributed by atoms with E-state index in [2.05, 4.69) is 15.5 Å². The normalized spacial score (nSPS) is 22.1. The molecule has 5 nitrogen and oxygen atoms in total. The van der Waals surface area contributed by atoms with Crippen LogP contribution in [0.3, 0.4) is 0 Å². The number of carbonyl (C=O) groups is 1. The van der Waals surface area contributed by atoms with E-state index in [0.29, 0.717) is 12.1 Å². The van der Waals surface area contributed by atoms with E-state index >= 15 is 0 Å². The molecule has 1 aliphatic carbocycles. The second-order valence-corrected chi connectivity index (χ2v) is 7.47. The molecule has 1 fully saturated rings. The molecule has 23 heavy (non-hydrogen) atoms. The van der Waals surface area contributed by atoms with Gasteiger partial charge < -0.3 is 10.2 Å². The third-order valence-electron chi connectivity index (χ3n) is 5.01. The lowest BCUT2D eigenvalue weighted by atomic mass is 9.92. The van der Waals surface area contributed by atoms with Crippen molar-refractivity contribution in [1.82, 2.24) is 20.4 Å². The number of hydrogen-bond acceptors (Lipinski definition) is 4. The maximum absolute atomic E-state index is 12.4. The van der Waals surface area contributed by atoms with Gasteiger partial charge >= 0.3 is 0 Å². The molecule has 2 aliphatic rings. The van der Waals surface area contributed by atoms with Gasteiger partial charge in [-0.05, 0) is 42.7 Å². The minimum absolute atomic E-state index is 0.193. The van der Waals surface area contributed by atoms with Crippen molar-refractivity contribution < 1.29 is 4.79 Å². The first-order chi connectivity index (χ1) is 11.3. The summed E-state index contributed by atoms with van der Waals surface area (Å²) in [5, 5.41) is 13.0. The lowest BCUT2D eigenvalue weighted by Gasteiger charge is -2.35. The number of aromatic amines is 1. The highest BCUT2D eigenvalue weighted by Gasteiger charge is 2.27. The molecular formula is C17H22N4OS. The lowest BCUT2D eigenvalue weighted by molar-refractivity contribution is 0.0706. The van der Waals surface area contributed by atoms with Crippen molar-refractivity contribution in [2.75, 3.05) is 13.1 Å². The molecule has 1 aliphatic heterocycles. The fourth-order valence-corrected chi connectivity index (χ4v) is 4.38. The van der Waals surface area contributed by atoms with Crippen LogP contribution in [-0.2, 0) is 12.8 Å². The summed E-state index contributed by atoms with van der Waals surface area (Å²) >= 11 is 1.53. The largest absolute Gasteiger partial charge is 0.338 e. The topological polar surface area (TPSA) is 61.0 Å². The number of nitrogens with zero attached hydrogens (tertiary/aromatic N) is 2. The van der Waals surface area contributed by atoms with Crippen LogP contribution in [0.15, 0.2) is 23.7 Å². The Kier molecular flexibility index (Phi) is 4.18. The van der Waals surface area contributed by atoms with Crippen LogP contribution in [0.2, 0.25) is 0 Å². The highest BCUT2D eigenvalue weighted by Crippen LogP contribution is 2.22. The first-order valence-electron chi connectivity index (χ1n) is 8.39. The van der Waals surface area contributed by atoms with Crippen molar-refractivity contribution in [3.05, 3.63) is 39.8 Å². The number of thiophene rings is 1. The van der Waals surface area contributed by atoms with Crippen molar-refractivity contribution in [3.8, 4) is 0 Å². The highest BCUT2D eigenvalue weighted by atomic mass is 32.1. The van der Waals surface area contributed by atoms with Crippen LogP contribution in [0.4, 0.5) is 0 Å². The molecular weight excluding hydrogens is 308 g/mol. The monoisotopic (exact) mass is 330 g/mol. The van der Waals surface area contributed by atoms with Crippen LogP contribution in [0.5, 0.6) is 0 Å². The Labute approximate surface area is 140 Å². The number of fused-ring (bicyclic) bond motifs is 1. The van der Waals surface area contributed by atoms with E-state index in [0.717, 1.165) is 43.6 Å². The third kappa shape index (κ3) is 3.19. The summed E-state index contributed by atoms with van der Waals surface area (Å²) in [5.74, 6) is 0.193. The molecule has 2 N–H and O–H groups in total. The van der Waals surface area contributed by atoms with Crippen molar-refractivity contribution in [3.63, 3.8) is 0 Å². The Hall–Kier alpha value is -1.66. The van der Waals surface area contributed by atoms with Crippen molar-refractivity contribution in [2.45, 2.75) is 44.2 Å². The number of nitrogens with one attached hydrogen (secondary N) is 2. The summed E-state index contributed by atoms with van der Waals surface area (Å²) in [7, 11) is 0. The molecule has 3 heterocycles. The summed E-state index contributed by atoms with van der Waals surface area (Å²) in [6, 6.07) is 4.92. The predicted molar refractivity (Wildman–Crippen MR) is 90.8 cm³/mol. The van der Waals surface area contributed by atoms with Gasteiger partial charge in [-0.1, -0.05) is 6.07 Å². The van der Waals surface area contributed by atoms with Gasteiger partial charge in [0, 0.05) is 37.3 Å². The van der Waals surface area contributed by atoms with Crippen LogP contribution >= 0.6 is 11.3 Å². The van der Waals surface area contributed by atoms with Gasteiger partial charge in [0.2, 0.25) is 0 Å². The summed E-state index contributed by atoms with van der Waals surface area (Å²) in [6.45, 7) is 1.72. The van der Waals surface area contributed by atoms with Crippen LogP contribution in [0.1, 0.15) is 40.2 Å². The molecule has 1 amide bonds.